The number of aliphatic hydroxyl groups excluding tert-OH is 1. The summed E-state index contributed by atoms with van der Waals surface area (Å²) in [6.07, 6.45) is 0. The van der Waals surface area contributed by atoms with Crippen LogP contribution < -0.4 is 10.5 Å². The van der Waals surface area contributed by atoms with Crippen LogP contribution in [0, 0.1) is 6.92 Å². The predicted octanol–water partition coefficient (Wildman–Crippen LogP) is 2.52. The molecule has 112 valence electrons. The van der Waals surface area contributed by atoms with E-state index in [2.05, 4.69) is 4.72 Å². The smallest absolute Gasteiger partial charge is 0.261 e. The highest BCUT2D eigenvalue weighted by molar-refractivity contribution is 7.92. The Balaban J connectivity index is 2.33. The molecule has 0 bridgehead atoms. The van der Waals surface area contributed by atoms with E-state index in [-0.39, 0.29) is 17.2 Å². The maximum atomic E-state index is 12.3. The molecule has 4 N–H and O–H groups in total. The molecule has 0 aromatic heterocycles. The minimum atomic E-state index is -3.75. The third-order valence-electron chi connectivity index (χ3n) is 2.96. The minimum Gasteiger partial charge on any atom is -0.397 e. The highest BCUT2D eigenvalue weighted by atomic mass is 35.5. The Morgan fingerprint density at radius 2 is 1.86 bits per heavy atom. The summed E-state index contributed by atoms with van der Waals surface area (Å²) in [6.45, 7) is 1.59. The van der Waals surface area contributed by atoms with Gasteiger partial charge < -0.3 is 10.8 Å². The van der Waals surface area contributed by atoms with Crippen LogP contribution in [0.5, 0.6) is 0 Å². The van der Waals surface area contributed by atoms with E-state index in [0.717, 1.165) is 0 Å². The second-order valence-corrected chi connectivity index (χ2v) is 6.66. The average molecular weight is 327 g/mol. The average Bonchev–Trinajstić information content (AvgIpc) is 2.44. The molecule has 0 radical (unpaired) electrons. The van der Waals surface area contributed by atoms with Gasteiger partial charge >= 0.3 is 0 Å². The summed E-state index contributed by atoms with van der Waals surface area (Å²) in [7, 11) is -3.75. The Morgan fingerprint density at radius 1 is 1.24 bits per heavy atom. The fourth-order valence-electron chi connectivity index (χ4n) is 1.81. The number of hydrogen-bond acceptors (Lipinski definition) is 4. The van der Waals surface area contributed by atoms with Crippen molar-refractivity contribution < 1.29 is 13.5 Å². The molecule has 0 amide bonds. The number of halogens is 1. The summed E-state index contributed by atoms with van der Waals surface area (Å²) in [5.74, 6) is 0. The third-order valence-corrected chi connectivity index (χ3v) is 4.83. The summed E-state index contributed by atoms with van der Waals surface area (Å²) in [5.41, 5.74) is 7.60. The molecule has 0 atom stereocenters. The quantitative estimate of drug-likeness (QED) is 0.753. The number of nitrogens with one attached hydrogen (secondary N) is 1. The van der Waals surface area contributed by atoms with E-state index in [4.69, 9.17) is 22.4 Å². The number of hydrogen-bond donors (Lipinski definition) is 3. The number of aliphatic hydroxyl groups is 1. The van der Waals surface area contributed by atoms with Crippen molar-refractivity contribution in [3.8, 4) is 0 Å². The van der Waals surface area contributed by atoms with Crippen molar-refractivity contribution in [3.63, 3.8) is 0 Å². The van der Waals surface area contributed by atoms with E-state index in [1.165, 1.54) is 12.1 Å². The number of aryl methyl sites for hydroxylation is 1. The number of nitrogens with two attached hydrogens (primary N) is 1. The third kappa shape index (κ3) is 3.47. The normalized spacial score (nSPS) is 11.4. The lowest BCUT2D eigenvalue weighted by Crippen LogP contribution is -2.13. The van der Waals surface area contributed by atoms with Gasteiger partial charge in [0, 0.05) is 5.69 Å². The Hall–Kier alpha value is -1.76. The molecule has 0 heterocycles. The molecule has 2 rings (SSSR count). The number of benzene rings is 2. The van der Waals surface area contributed by atoms with Gasteiger partial charge in [0.25, 0.3) is 10.0 Å². The highest BCUT2D eigenvalue weighted by Crippen LogP contribution is 2.27. The topological polar surface area (TPSA) is 92.4 Å². The van der Waals surface area contributed by atoms with Gasteiger partial charge in [-0.25, -0.2) is 8.42 Å². The van der Waals surface area contributed by atoms with Crippen molar-refractivity contribution in [1.29, 1.82) is 0 Å². The zero-order valence-electron chi connectivity index (χ0n) is 11.3. The van der Waals surface area contributed by atoms with Gasteiger partial charge in [-0.05, 0) is 42.3 Å². The standard InChI is InChI=1S/C14H15ClN2O3S/c1-9-6-12(7-13(16)14(9)15)21(19,20)17-11-4-2-10(8-18)3-5-11/h2-7,17-18H,8,16H2,1H3. The maximum absolute atomic E-state index is 12.3. The van der Waals surface area contributed by atoms with Gasteiger partial charge in [0.1, 0.15) is 0 Å². The van der Waals surface area contributed by atoms with E-state index in [9.17, 15) is 8.42 Å². The molecule has 0 saturated carbocycles. The van der Waals surface area contributed by atoms with Crippen LogP contribution in [-0.2, 0) is 16.6 Å². The number of nitrogen functional groups attached to an aromatic ring is 1. The van der Waals surface area contributed by atoms with Gasteiger partial charge in [-0.1, -0.05) is 23.7 Å². The maximum Gasteiger partial charge on any atom is 0.261 e. The second-order valence-electron chi connectivity index (χ2n) is 4.60. The van der Waals surface area contributed by atoms with Gasteiger partial charge in [-0.2, -0.15) is 0 Å². The molecule has 7 heteroatoms. The Morgan fingerprint density at radius 3 is 2.38 bits per heavy atom. The fraction of sp³-hybridized carbons (Fsp3) is 0.143. The summed E-state index contributed by atoms with van der Waals surface area (Å²) in [5, 5.41) is 9.31. The van der Waals surface area contributed by atoms with E-state index < -0.39 is 10.0 Å². The van der Waals surface area contributed by atoms with Crippen LogP contribution >= 0.6 is 11.6 Å². The molecule has 21 heavy (non-hydrogen) atoms. The number of rotatable bonds is 4. The van der Waals surface area contributed by atoms with E-state index >= 15 is 0 Å². The highest BCUT2D eigenvalue weighted by Gasteiger charge is 2.17. The monoisotopic (exact) mass is 326 g/mol. The zero-order valence-corrected chi connectivity index (χ0v) is 12.9. The number of anilines is 2. The van der Waals surface area contributed by atoms with Crippen molar-refractivity contribution in [2.45, 2.75) is 18.4 Å². The van der Waals surface area contributed by atoms with Crippen molar-refractivity contribution in [2.24, 2.45) is 0 Å². The SMILES string of the molecule is Cc1cc(S(=O)(=O)Nc2ccc(CO)cc2)cc(N)c1Cl. The summed E-state index contributed by atoms with van der Waals surface area (Å²) in [4.78, 5) is 0.0492. The van der Waals surface area contributed by atoms with Gasteiger partial charge in [0.2, 0.25) is 0 Å². The van der Waals surface area contributed by atoms with Crippen LogP contribution in [0.2, 0.25) is 5.02 Å². The Kier molecular flexibility index (Phi) is 4.41. The first-order valence-electron chi connectivity index (χ1n) is 6.12. The summed E-state index contributed by atoms with van der Waals surface area (Å²) >= 11 is 5.93. The van der Waals surface area contributed by atoms with Crippen LogP contribution in [-0.4, -0.2) is 13.5 Å². The first-order valence-corrected chi connectivity index (χ1v) is 7.98. The molecule has 2 aromatic carbocycles. The van der Waals surface area contributed by atoms with Crippen LogP contribution in [0.25, 0.3) is 0 Å². The molecule has 0 aliphatic heterocycles. The molecule has 0 aliphatic rings. The van der Waals surface area contributed by atoms with E-state index in [1.807, 2.05) is 0 Å². The molecule has 2 aromatic rings. The molecule has 0 saturated heterocycles. The Labute approximate surface area is 128 Å². The lowest BCUT2D eigenvalue weighted by Gasteiger charge is -2.11. The molecule has 0 unspecified atom stereocenters. The van der Waals surface area contributed by atoms with Gasteiger partial charge in [-0.3, -0.25) is 4.72 Å². The summed E-state index contributed by atoms with van der Waals surface area (Å²) in [6, 6.07) is 9.21. The molecular weight excluding hydrogens is 312 g/mol. The van der Waals surface area contributed by atoms with Gasteiger partial charge in [-0.15, -0.1) is 0 Å². The molecule has 0 aliphatic carbocycles. The van der Waals surface area contributed by atoms with Crippen molar-refractivity contribution in [1.82, 2.24) is 0 Å². The minimum absolute atomic E-state index is 0.0492. The van der Waals surface area contributed by atoms with Gasteiger partial charge in [0.15, 0.2) is 0 Å². The first kappa shape index (κ1) is 15.6. The molecule has 0 fully saturated rings. The largest absolute Gasteiger partial charge is 0.397 e. The summed E-state index contributed by atoms with van der Waals surface area (Å²) < 4.78 is 27.1. The van der Waals surface area contributed by atoms with Gasteiger partial charge in [0.05, 0.1) is 22.2 Å². The molecule has 5 nitrogen and oxygen atoms in total. The van der Waals surface area contributed by atoms with Crippen LogP contribution in [0.4, 0.5) is 11.4 Å². The fourth-order valence-corrected chi connectivity index (χ4v) is 3.10. The lowest BCUT2D eigenvalue weighted by molar-refractivity contribution is 0.282. The molecule has 0 spiro atoms. The molecular formula is C14H15ClN2O3S. The first-order chi connectivity index (χ1) is 9.83. The van der Waals surface area contributed by atoms with E-state index in [0.29, 0.717) is 21.8 Å². The van der Waals surface area contributed by atoms with Crippen LogP contribution in [0.3, 0.4) is 0 Å². The number of sulfonamides is 1. The lowest BCUT2D eigenvalue weighted by atomic mass is 10.2. The van der Waals surface area contributed by atoms with Crippen LogP contribution in [0.1, 0.15) is 11.1 Å². The predicted molar refractivity (Wildman–Crippen MR) is 83.8 cm³/mol. The van der Waals surface area contributed by atoms with Crippen molar-refractivity contribution >= 4 is 33.0 Å². The van der Waals surface area contributed by atoms with Crippen molar-refractivity contribution in [3.05, 3.63) is 52.5 Å². The second kappa shape index (κ2) is 5.93. The van der Waals surface area contributed by atoms with Crippen molar-refractivity contribution in [2.75, 3.05) is 10.5 Å². The zero-order chi connectivity index (χ0) is 15.6. The van der Waals surface area contributed by atoms with Crippen LogP contribution in [0.15, 0.2) is 41.3 Å². The van der Waals surface area contributed by atoms with E-state index in [1.54, 1.807) is 31.2 Å². The Bertz CT molecular complexity index is 735.